The van der Waals surface area contributed by atoms with E-state index in [-0.39, 0.29) is 12.5 Å². The van der Waals surface area contributed by atoms with Crippen LogP contribution < -0.4 is 10.6 Å². The van der Waals surface area contributed by atoms with E-state index in [2.05, 4.69) is 27.8 Å². The number of fused-ring (bicyclic) bond motifs is 1. The molecule has 3 rings (SSSR count). The average molecular weight is 297 g/mol. The van der Waals surface area contributed by atoms with Gasteiger partial charge in [-0.2, -0.15) is 0 Å². The van der Waals surface area contributed by atoms with Crippen LogP contribution in [-0.2, 0) is 17.8 Å². The SMILES string of the molecule is O=C(CNCc1ccco1)NCCc1c[nH]c2ccccc12. The van der Waals surface area contributed by atoms with Gasteiger partial charge in [0.15, 0.2) is 0 Å². The molecule has 0 atom stereocenters. The number of aromatic amines is 1. The lowest BCUT2D eigenvalue weighted by Gasteiger charge is -2.05. The van der Waals surface area contributed by atoms with Gasteiger partial charge >= 0.3 is 0 Å². The molecular formula is C17H19N3O2. The summed E-state index contributed by atoms with van der Waals surface area (Å²) >= 11 is 0. The number of aromatic nitrogens is 1. The molecular weight excluding hydrogens is 278 g/mol. The Hall–Kier alpha value is -2.53. The zero-order valence-electron chi connectivity index (χ0n) is 12.3. The second-order valence-electron chi connectivity index (χ2n) is 5.14. The smallest absolute Gasteiger partial charge is 0.233 e. The molecule has 5 nitrogen and oxygen atoms in total. The molecule has 0 bridgehead atoms. The number of hydrogen-bond donors (Lipinski definition) is 3. The van der Waals surface area contributed by atoms with Gasteiger partial charge < -0.3 is 20.0 Å². The van der Waals surface area contributed by atoms with Crippen molar-refractivity contribution in [3.8, 4) is 0 Å². The molecule has 3 aromatic rings. The summed E-state index contributed by atoms with van der Waals surface area (Å²) in [4.78, 5) is 15.0. The first kappa shape index (κ1) is 14.4. The minimum atomic E-state index is -0.00797. The van der Waals surface area contributed by atoms with E-state index in [1.165, 1.54) is 10.9 Å². The van der Waals surface area contributed by atoms with Crippen molar-refractivity contribution < 1.29 is 9.21 Å². The maximum atomic E-state index is 11.8. The number of rotatable bonds is 7. The number of carbonyl (C=O) groups excluding carboxylic acids is 1. The highest BCUT2D eigenvalue weighted by atomic mass is 16.3. The first-order valence-corrected chi connectivity index (χ1v) is 7.38. The number of para-hydroxylation sites is 1. The lowest BCUT2D eigenvalue weighted by Crippen LogP contribution is -2.34. The van der Waals surface area contributed by atoms with Gasteiger partial charge in [-0.05, 0) is 30.2 Å². The first-order chi connectivity index (χ1) is 10.8. The summed E-state index contributed by atoms with van der Waals surface area (Å²) < 4.78 is 5.19. The van der Waals surface area contributed by atoms with Crippen LogP contribution >= 0.6 is 0 Å². The quantitative estimate of drug-likeness (QED) is 0.626. The van der Waals surface area contributed by atoms with E-state index in [0.29, 0.717) is 13.1 Å². The van der Waals surface area contributed by atoms with Crippen molar-refractivity contribution in [3.05, 3.63) is 60.2 Å². The van der Waals surface area contributed by atoms with Crippen molar-refractivity contribution in [2.75, 3.05) is 13.1 Å². The molecule has 0 unspecified atom stereocenters. The molecule has 0 saturated carbocycles. The number of amides is 1. The van der Waals surface area contributed by atoms with Gasteiger partial charge in [0.25, 0.3) is 0 Å². The number of hydrogen-bond acceptors (Lipinski definition) is 3. The Morgan fingerprint density at radius 3 is 2.95 bits per heavy atom. The Labute approximate surface area is 128 Å². The van der Waals surface area contributed by atoms with Gasteiger partial charge in [0, 0.05) is 23.6 Å². The largest absolute Gasteiger partial charge is 0.468 e. The third-order valence-corrected chi connectivity index (χ3v) is 3.56. The fourth-order valence-electron chi connectivity index (χ4n) is 2.45. The summed E-state index contributed by atoms with van der Waals surface area (Å²) in [5, 5.41) is 7.18. The molecule has 1 amide bonds. The number of benzene rings is 1. The zero-order valence-corrected chi connectivity index (χ0v) is 12.3. The van der Waals surface area contributed by atoms with E-state index in [1.807, 2.05) is 30.5 Å². The second kappa shape index (κ2) is 6.95. The average Bonchev–Trinajstić information content (AvgIpc) is 3.17. The Morgan fingerprint density at radius 2 is 2.09 bits per heavy atom. The van der Waals surface area contributed by atoms with Crippen molar-refractivity contribution in [2.45, 2.75) is 13.0 Å². The summed E-state index contributed by atoms with van der Waals surface area (Å²) in [5.74, 6) is 0.818. The Balaban J connectivity index is 1.40. The molecule has 0 radical (unpaired) electrons. The number of furan rings is 1. The third kappa shape index (κ3) is 3.56. The predicted molar refractivity (Wildman–Crippen MR) is 85.4 cm³/mol. The van der Waals surface area contributed by atoms with Crippen LogP contribution in [0, 0.1) is 0 Å². The first-order valence-electron chi connectivity index (χ1n) is 7.38. The Bertz CT molecular complexity index is 731. The number of carbonyl (C=O) groups is 1. The van der Waals surface area contributed by atoms with Crippen molar-refractivity contribution in [3.63, 3.8) is 0 Å². The molecule has 0 aliphatic carbocycles. The van der Waals surface area contributed by atoms with Gasteiger partial charge in [0.2, 0.25) is 5.91 Å². The van der Waals surface area contributed by atoms with Gasteiger partial charge in [-0.3, -0.25) is 4.79 Å². The standard InChI is InChI=1S/C17H19N3O2/c21-17(12-18-11-14-4-3-9-22-14)19-8-7-13-10-20-16-6-2-1-5-15(13)16/h1-6,9-10,18,20H,7-8,11-12H2,(H,19,21). The van der Waals surface area contributed by atoms with Gasteiger partial charge in [0.05, 0.1) is 19.4 Å². The van der Waals surface area contributed by atoms with Crippen LogP contribution in [0.4, 0.5) is 0 Å². The third-order valence-electron chi connectivity index (χ3n) is 3.56. The van der Waals surface area contributed by atoms with E-state index >= 15 is 0 Å². The molecule has 0 aliphatic heterocycles. The predicted octanol–water partition coefficient (Wildman–Crippen LogP) is 2.21. The molecule has 0 saturated heterocycles. The molecule has 1 aromatic carbocycles. The Morgan fingerprint density at radius 1 is 1.18 bits per heavy atom. The summed E-state index contributed by atoms with van der Waals surface area (Å²) in [6.45, 7) is 1.47. The van der Waals surface area contributed by atoms with Crippen molar-refractivity contribution in [2.24, 2.45) is 0 Å². The minimum absolute atomic E-state index is 0.00797. The van der Waals surface area contributed by atoms with Gasteiger partial charge in [-0.15, -0.1) is 0 Å². The normalized spacial score (nSPS) is 10.9. The highest BCUT2D eigenvalue weighted by Crippen LogP contribution is 2.17. The van der Waals surface area contributed by atoms with Gasteiger partial charge in [-0.25, -0.2) is 0 Å². The molecule has 0 aliphatic rings. The van der Waals surface area contributed by atoms with Crippen molar-refractivity contribution in [1.82, 2.24) is 15.6 Å². The number of nitrogens with one attached hydrogen (secondary N) is 3. The van der Waals surface area contributed by atoms with E-state index in [4.69, 9.17) is 4.42 Å². The maximum absolute atomic E-state index is 11.8. The molecule has 3 N–H and O–H groups in total. The topological polar surface area (TPSA) is 70.1 Å². The zero-order chi connectivity index (χ0) is 15.2. The molecule has 2 aromatic heterocycles. The number of H-pyrrole nitrogens is 1. The van der Waals surface area contributed by atoms with Crippen LogP contribution in [0.15, 0.2) is 53.3 Å². The van der Waals surface area contributed by atoms with Crippen LogP contribution in [0.2, 0.25) is 0 Å². The lowest BCUT2D eigenvalue weighted by atomic mass is 10.1. The van der Waals surface area contributed by atoms with Gasteiger partial charge in [0.1, 0.15) is 5.76 Å². The van der Waals surface area contributed by atoms with Crippen LogP contribution in [-0.4, -0.2) is 24.0 Å². The summed E-state index contributed by atoms with van der Waals surface area (Å²) in [6.07, 6.45) is 4.44. The summed E-state index contributed by atoms with van der Waals surface area (Å²) in [5.41, 5.74) is 2.35. The highest BCUT2D eigenvalue weighted by Gasteiger charge is 2.04. The highest BCUT2D eigenvalue weighted by molar-refractivity contribution is 5.83. The summed E-state index contributed by atoms with van der Waals surface area (Å²) in [6, 6.07) is 11.9. The Kier molecular flexibility index (Phi) is 4.56. The molecule has 2 heterocycles. The van der Waals surface area contributed by atoms with E-state index in [1.54, 1.807) is 6.26 Å². The molecule has 5 heteroatoms. The molecule has 0 fully saturated rings. The van der Waals surface area contributed by atoms with E-state index in [0.717, 1.165) is 17.7 Å². The summed E-state index contributed by atoms with van der Waals surface area (Å²) in [7, 11) is 0. The van der Waals surface area contributed by atoms with E-state index < -0.39 is 0 Å². The van der Waals surface area contributed by atoms with Crippen LogP contribution in [0.3, 0.4) is 0 Å². The van der Waals surface area contributed by atoms with Crippen molar-refractivity contribution >= 4 is 16.8 Å². The van der Waals surface area contributed by atoms with Crippen LogP contribution in [0.1, 0.15) is 11.3 Å². The fourth-order valence-corrected chi connectivity index (χ4v) is 2.45. The second-order valence-corrected chi connectivity index (χ2v) is 5.14. The van der Waals surface area contributed by atoms with Crippen molar-refractivity contribution in [1.29, 1.82) is 0 Å². The van der Waals surface area contributed by atoms with Gasteiger partial charge in [-0.1, -0.05) is 18.2 Å². The molecule has 22 heavy (non-hydrogen) atoms. The maximum Gasteiger partial charge on any atom is 0.233 e. The van der Waals surface area contributed by atoms with E-state index in [9.17, 15) is 4.79 Å². The van der Waals surface area contributed by atoms with Crippen LogP contribution in [0.5, 0.6) is 0 Å². The lowest BCUT2D eigenvalue weighted by molar-refractivity contribution is -0.120. The fraction of sp³-hybridized carbons (Fsp3) is 0.235. The monoisotopic (exact) mass is 297 g/mol. The van der Waals surface area contributed by atoms with Crippen LogP contribution in [0.25, 0.3) is 10.9 Å². The minimum Gasteiger partial charge on any atom is -0.468 e. The molecule has 0 spiro atoms. The molecule has 114 valence electrons.